The predicted molar refractivity (Wildman–Crippen MR) is 65.9 cm³/mol. The number of piperidine rings is 1. The van der Waals surface area contributed by atoms with Gasteiger partial charge in [0.2, 0.25) is 10.0 Å². The Bertz CT molecular complexity index is 274. The molecule has 1 saturated heterocycles. The molecule has 1 aliphatic heterocycles. The number of rotatable bonds is 7. The van der Waals surface area contributed by atoms with Crippen molar-refractivity contribution in [2.24, 2.45) is 5.92 Å². The smallest absolute Gasteiger partial charge is 0.208 e. The molecule has 0 aromatic heterocycles. The van der Waals surface area contributed by atoms with E-state index in [4.69, 9.17) is 0 Å². The van der Waals surface area contributed by atoms with Crippen molar-refractivity contribution in [1.82, 2.24) is 15.4 Å². The van der Waals surface area contributed by atoms with Gasteiger partial charge in [0.1, 0.15) is 0 Å². The van der Waals surface area contributed by atoms with Gasteiger partial charge in [0, 0.05) is 6.54 Å². The minimum absolute atomic E-state index is 0.523. The summed E-state index contributed by atoms with van der Waals surface area (Å²) in [5.41, 5.74) is 0. The van der Waals surface area contributed by atoms with Crippen LogP contribution in [0.15, 0.2) is 0 Å². The Hall–Kier alpha value is -0.170. The minimum atomic E-state index is -3.02. The third kappa shape index (κ3) is 7.16. The van der Waals surface area contributed by atoms with Crippen LogP contribution in [0.1, 0.15) is 19.3 Å². The average Bonchev–Trinajstić information content (AvgIpc) is 2.23. The van der Waals surface area contributed by atoms with Gasteiger partial charge in [0.05, 0.1) is 6.26 Å². The summed E-state index contributed by atoms with van der Waals surface area (Å²) >= 11 is 0. The van der Waals surface area contributed by atoms with E-state index in [0.29, 0.717) is 6.54 Å². The topological polar surface area (TPSA) is 70.2 Å². The second-order valence-corrected chi connectivity index (χ2v) is 6.27. The van der Waals surface area contributed by atoms with E-state index >= 15 is 0 Å². The second-order valence-electron chi connectivity index (χ2n) is 4.44. The Labute approximate surface area is 98.4 Å². The highest BCUT2D eigenvalue weighted by Crippen LogP contribution is 2.07. The molecule has 1 heterocycles. The highest BCUT2D eigenvalue weighted by Gasteiger charge is 2.11. The van der Waals surface area contributed by atoms with Crippen molar-refractivity contribution in [2.75, 3.05) is 39.0 Å². The lowest BCUT2D eigenvalue weighted by molar-refractivity contribution is 0.360. The molecule has 0 aromatic carbocycles. The SMILES string of the molecule is CS(=O)(=O)NCCCNCC1CCCNC1. The molecule has 0 spiro atoms. The largest absolute Gasteiger partial charge is 0.316 e. The zero-order chi connectivity index (χ0) is 11.9. The Kier molecular flexibility index (Phi) is 6.26. The van der Waals surface area contributed by atoms with E-state index in [1.165, 1.54) is 19.1 Å². The summed E-state index contributed by atoms with van der Waals surface area (Å²) in [6.07, 6.45) is 4.59. The molecule has 16 heavy (non-hydrogen) atoms. The highest BCUT2D eigenvalue weighted by molar-refractivity contribution is 7.88. The highest BCUT2D eigenvalue weighted by atomic mass is 32.2. The summed E-state index contributed by atoms with van der Waals surface area (Å²) in [6.45, 7) is 4.68. The van der Waals surface area contributed by atoms with Crippen LogP contribution in [0.4, 0.5) is 0 Å². The molecule has 6 heteroatoms. The molecule has 0 aliphatic carbocycles. The summed E-state index contributed by atoms with van der Waals surface area (Å²) in [5.74, 6) is 0.733. The predicted octanol–water partition coefficient (Wildman–Crippen LogP) is -0.485. The van der Waals surface area contributed by atoms with Crippen molar-refractivity contribution in [3.63, 3.8) is 0 Å². The van der Waals surface area contributed by atoms with Crippen molar-refractivity contribution in [3.8, 4) is 0 Å². The monoisotopic (exact) mass is 249 g/mol. The van der Waals surface area contributed by atoms with Crippen molar-refractivity contribution in [2.45, 2.75) is 19.3 Å². The van der Waals surface area contributed by atoms with Crippen LogP contribution in [0.25, 0.3) is 0 Å². The summed E-state index contributed by atoms with van der Waals surface area (Å²) in [5, 5.41) is 6.74. The maximum atomic E-state index is 10.8. The number of hydrogen-bond acceptors (Lipinski definition) is 4. The van der Waals surface area contributed by atoms with Crippen LogP contribution in [0.2, 0.25) is 0 Å². The first-order chi connectivity index (χ1) is 7.58. The summed E-state index contributed by atoms with van der Waals surface area (Å²) in [7, 11) is -3.02. The lowest BCUT2D eigenvalue weighted by atomic mass is 10.00. The van der Waals surface area contributed by atoms with E-state index in [2.05, 4.69) is 15.4 Å². The zero-order valence-corrected chi connectivity index (χ0v) is 10.8. The van der Waals surface area contributed by atoms with Crippen LogP contribution < -0.4 is 15.4 Å². The molecule has 3 N–H and O–H groups in total. The van der Waals surface area contributed by atoms with E-state index in [0.717, 1.165) is 38.5 Å². The molecule has 0 radical (unpaired) electrons. The molecule has 5 nitrogen and oxygen atoms in total. The number of hydrogen-bond donors (Lipinski definition) is 3. The molecular weight excluding hydrogens is 226 g/mol. The van der Waals surface area contributed by atoms with Gasteiger partial charge in [0.25, 0.3) is 0 Å². The average molecular weight is 249 g/mol. The van der Waals surface area contributed by atoms with Crippen LogP contribution in [0, 0.1) is 5.92 Å². The summed E-state index contributed by atoms with van der Waals surface area (Å²) < 4.78 is 24.0. The minimum Gasteiger partial charge on any atom is -0.316 e. The van der Waals surface area contributed by atoms with E-state index in [1.807, 2.05) is 0 Å². The molecule has 1 rings (SSSR count). The van der Waals surface area contributed by atoms with E-state index in [1.54, 1.807) is 0 Å². The maximum absolute atomic E-state index is 10.8. The Balaban J connectivity index is 1.91. The van der Waals surface area contributed by atoms with Crippen LogP contribution >= 0.6 is 0 Å². The zero-order valence-electron chi connectivity index (χ0n) is 9.96. The third-order valence-electron chi connectivity index (χ3n) is 2.73. The second kappa shape index (κ2) is 7.21. The molecular formula is C10H23N3O2S. The number of sulfonamides is 1. The van der Waals surface area contributed by atoms with Gasteiger partial charge in [0.15, 0.2) is 0 Å². The molecule has 1 aliphatic rings. The molecule has 1 fully saturated rings. The lowest BCUT2D eigenvalue weighted by Gasteiger charge is -2.22. The molecule has 0 amide bonds. The van der Waals surface area contributed by atoms with Crippen LogP contribution in [0.3, 0.4) is 0 Å². The fourth-order valence-corrected chi connectivity index (χ4v) is 2.39. The van der Waals surface area contributed by atoms with Crippen molar-refractivity contribution in [1.29, 1.82) is 0 Å². The molecule has 0 saturated carbocycles. The number of nitrogens with one attached hydrogen (secondary N) is 3. The Morgan fingerprint density at radius 3 is 2.81 bits per heavy atom. The van der Waals surface area contributed by atoms with Gasteiger partial charge in [-0.25, -0.2) is 13.1 Å². The van der Waals surface area contributed by atoms with Crippen LogP contribution in [0.5, 0.6) is 0 Å². The van der Waals surface area contributed by atoms with E-state index < -0.39 is 10.0 Å². The first-order valence-electron chi connectivity index (χ1n) is 5.94. The quantitative estimate of drug-likeness (QED) is 0.533. The van der Waals surface area contributed by atoms with Gasteiger partial charge in [-0.1, -0.05) is 0 Å². The maximum Gasteiger partial charge on any atom is 0.208 e. The first-order valence-corrected chi connectivity index (χ1v) is 7.83. The summed E-state index contributed by atoms with van der Waals surface area (Å²) in [4.78, 5) is 0. The van der Waals surface area contributed by atoms with Gasteiger partial charge in [-0.05, 0) is 51.4 Å². The van der Waals surface area contributed by atoms with Crippen molar-refractivity contribution >= 4 is 10.0 Å². The molecule has 96 valence electrons. The fourth-order valence-electron chi connectivity index (χ4n) is 1.88. The summed E-state index contributed by atoms with van der Waals surface area (Å²) in [6, 6.07) is 0. The lowest BCUT2D eigenvalue weighted by Crippen LogP contribution is -2.36. The Morgan fingerprint density at radius 2 is 2.19 bits per heavy atom. The fraction of sp³-hybridized carbons (Fsp3) is 1.00. The van der Waals surface area contributed by atoms with E-state index in [9.17, 15) is 8.42 Å². The molecule has 1 unspecified atom stereocenters. The van der Waals surface area contributed by atoms with Gasteiger partial charge in [-0.15, -0.1) is 0 Å². The van der Waals surface area contributed by atoms with Crippen LogP contribution in [-0.4, -0.2) is 47.4 Å². The van der Waals surface area contributed by atoms with Crippen molar-refractivity contribution < 1.29 is 8.42 Å². The Morgan fingerprint density at radius 1 is 1.38 bits per heavy atom. The molecule has 0 aromatic rings. The molecule has 0 bridgehead atoms. The van der Waals surface area contributed by atoms with Crippen LogP contribution in [-0.2, 0) is 10.0 Å². The molecule has 1 atom stereocenters. The van der Waals surface area contributed by atoms with Gasteiger partial charge < -0.3 is 10.6 Å². The van der Waals surface area contributed by atoms with E-state index in [-0.39, 0.29) is 0 Å². The first kappa shape index (κ1) is 13.9. The standard InChI is InChI=1S/C10H23N3O2S/c1-16(14,15)13-7-3-6-12-9-10-4-2-5-11-8-10/h10-13H,2-9H2,1H3. The van der Waals surface area contributed by atoms with Gasteiger partial charge in [-0.3, -0.25) is 0 Å². The third-order valence-corrected chi connectivity index (χ3v) is 3.46. The van der Waals surface area contributed by atoms with Gasteiger partial charge >= 0.3 is 0 Å². The normalized spacial score (nSPS) is 22.2. The van der Waals surface area contributed by atoms with Gasteiger partial charge in [-0.2, -0.15) is 0 Å². The van der Waals surface area contributed by atoms with Crippen molar-refractivity contribution in [3.05, 3.63) is 0 Å².